The molecule has 1 aromatic heterocycles. The number of nitrogens with zero attached hydrogens (tertiary/aromatic N) is 2. The van der Waals surface area contributed by atoms with E-state index >= 15 is 0 Å². The molecule has 1 atom stereocenters. The average molecular weight is 233 g/mol. The van der Waals surface area contributed by atoms with Crippen molar-refractivity contribution in [2.75, 3.05) is 0 Å². The number of halogens is 1. The van der Waals surface area contributed by atoms with Crippen LogP contribution in [-0.2, 0) is 7.05 Å². The third-order valence-corrected chi connectivity index (χ3v) is 2.95. The molecule has 2 rings (SSSR count). The minimum absolute atomic E-state index is 0.235. The van der Waals surface area contributed by atoms with Gasteiger partial charge in [-0.1, -0.05) is 6.07 Å². The Balaban J connectivity index is 2.43. The lowest BCUT2D eigenvalue weighted by molar-refractivity contribution is 0.624. The van der Waals surface area contributed by atoms with E-state index in [1.54, 1.807) is 10.7 Å². The van der Waals surface area contributed by atoms with Crippen molar-refractivity contribution in [2.45, 2.75) is 19.9 Å². The molecule has 0 fully saturated rings. The number of benzene rings is 1. The number of rotatable bonds is 2. The topological polar surface area (TPSA) is 43.8 Å². The third kappa shape index (κ3) is 2.22. The summed E-state index contributed by atoms with van der Waals surface area (Å²) in [4.78, 5) is 0. The Morgan fingerprint density at radius 1 is 1.29 bits per heavy atom. The first-order chi connectivity index (χ1) is 7.99. The predicted molar refractivity (Wildman–Crippen MR) is 65.1 cm³/mol. The number of nitrogens with two attached hydrogens (primary N) is 1. The molecule has 4 heteroatoms. The van der Waals surface area contributed by atoms with Gasteiger partial charge in [0.15, 0.2) is 0 Å². The molecule has 1 aromatic carbocycles. The molecule has 0 aliphatic rings. The van der Waals surface area contributed by atoms with Crippen LogP contribution in [0.15, 0.2) is 24.4 Å². The molecule has 0 aliphatic carbocycles. The van der Waals surface area contributed by atoms with Gasteiger partial charge in [0.25, 0.3) is 0 Å². The van der Waals surface area contributed by atoms with Crippen molar-refractivity contribution in [2.24, 2.45) is 12.8 Å². The summed E-state index contributed by atoms with van der Waals surface area (Å²) in [5, 5.41) is 4.27. The molecule has 3 nitrogen and oxygen atoms in total. The largest absolute Gasteiger partial charge is 0.320 e. The maximum absolute atomic E-state index is 13.0. The Morgan fingerprint density at radius 2 is 2.00 bits per heavy atom. The lowest BCUT2D eigenvalue weighted by Crippen LogP contribution is -2.13. The van der Waals surface area contributed by atoms with Crippen molar-refractivity contribution >= 4 is 0 Å². The zero-order chi connectivity index (χ0) is 12.6. The average Bonchev–Trinajstić information content (AvgIpc) is 2.57. The molecular formula is C13H16FN3. The van der Waals surface area contributed by atoms with E-state index in [2.05, 4.69) is 5.10 Å². The summed E-state index contributed by atoms with van der Waals surface area (Å²) in [6, 6.07) is 4.42. The van der Waals surface area contributed by atoms with Gasteiger partial charge in [0.05, 0.1) is 11.7 Å². The van der Waals surface area contributed by atoms with Crippen molar-refractivity contribution in [1.82, 2.24) is 9.78 Å². The summed E-state index contributed by atoms with van der Waals surface area (Å²) in [7, 11) is 1.86. The first kappa shape index (κ1) is 11.8. The van der Waals surface area contributed by atoms with Crippen LogP contribution in [0.1, 0.15) is 28.4 Å². The van der Waals surface area contributed by atoms with Crippen molar-refractivity contribution in [3.05, 3.63) is 52.6 Å². The highest BCUT2D eigenvalue weighted by Crippen LogP contribution is 2.24. The second kappa shape index (κ2) is 4.30. The van der Waals surface area contributed by atoms with Crippen LogP contribution in [0.25, 0.3) is 0 Å². The van der Waals surface area contributed by atoms with Crippen LogP contribution in [0, 0.1) is 19.7 Å². The van der Waals surface area contributed by atoms with Crippen LogP contribution in [0.2, 0.25) is 0 Å². The van der Waals surface area contributed by atoms with E-state index in [1.807, 2.05) is 27.1 Å². The molecule has 1 unspecified atom stereocenters. The number of aromatic nitrogens is 2. The summed E-state index contributed by atoms with van der Waals surface area (Å²) in [5.41, 5.74) is 9.88. The van der Waals surface area contributed by atoms with Crippen LogP contribution in [0.5, 0.6) is 0 Å². The fraction of sp³-hybridized carbons (Fsp3) is 0.308. The van der Waals surface area contributed by atoms with E-state index < -0.39 is 0 Å². The minimum atomic E-state index is -0.260. The van der Waals surface area contributed by atoms with Gasteiger partial charge in [-0.3, -0.25) is 4.68 Å². The Hall–Kier alpha value is -1.68. The maximum Gasteiger partial charge on any atom is 0.123 e. The maximum atomic E-state index is 13.0. The summed E-state index contributed by atoms with van der Waals surface area (Å²) in [5.74, 6) is -0.235. The van der Waals surface area contributed by atoms with Crippen LogP contribution >= 0.6 is 0 Å². The Morgan fingerprint density at radius 3 is 2.53 bits per heavy atom. The lowest BCUT2D eigenvalue weighted by Gasteiger charge is -2.14. The first-order valence-corrected chi connectivity index (χ1v) is 5.51. The van der Waals surface area contributed by atoms with Crippen molar-refractivity contribution < 1.29 is 4.39 Å². The van der Waals surface area contributed by atoms with Crippen LogP contribution in [0.4, 0.5) is 4.39 Å². The molecule has 0 aliphatic heterocycles. The molecule has 2 aromatic rings. The van der Waals surface area contributed by atoms with Gasteiger partial charge in [0.1, 0.15) is 5.82 Å². The third-order valence-electron chi connectivity index (χ3n) is 2.95. The van der Waals surface area contributed by atoms with E-state index in [9.17, 15) is 4.39 Å². The Labute approximate surface area is 100 Å². The molecule has 0 radical (unpaired) electrons. The summed E-state index contributed by atoms with van der Waals surface area (Å²) >= 11 is 0. The second-order valence-corrected chi connectivity index (χ2v) is 4.32. The molecule has 2 N–H and O–H groups in total. The number of hydrogen-bond acceptors (Lipinski definition) is 2. The van der Waals surface area contributed by atoms with Gasteiger partial charge in [-0.05, 0) is 37.1 Å². The highest BCUT2D eigenvalue weighted by atomic mass is 19.1. The number of hydrogen-bond donors (Lipinski definition) is 1. The lowest BCUT2D eigenvalue weighted by atomic mass is 9.96. The summed E-state index contributed by atoms with van der Waals surface area (Å²) in [6.07, 6.45) is 1.91. The van der Waals surface area contributed by atoms with Gasteiger partial charge >= 0.3 is 0 Å². The summed E-state index contributed by atoms with van der Waals surface area (Å²) < 4.78 is 14.8. The fourth-order valence-corrected chi connectivity index (χ4v) is 2.08. The first-order valence-electron chi connectivity index (χ1n) is 5.51. The van der Waals surface area contributed by atoms with Gasteiger partial charge in [-0.2, -0.15) is 5.10 Å². The van der Waals surface area contributed by atoms with Gasteiger partial charge in [-0.15, -0.1) is 0 Å². The van der Waals surface area contributed by atoms with Gasteiger partial charge < -0.3 is 5.73 Å². The van der Waals surface area contributed by atoms with E-state index in [4.69, 9.17) is 5.73 Å². The zero-order valence-electron chi connectivity index (χ0n) is 10.2. The van der Waals surface area contributed by atoms with E-state index in [0.29, 0.717) is 0 Å². The van der Waals surface area contributed by atoms with E-state index in [-0.39, 0.29) is 11.9 Å². The predicted octanol–water partition coefficient (Wildman–Crippen LogP) is 2.22. The summed E-state index contributed by atoms with van der Waals surface area (Å²) in [6.45, 7) is 3.79. The van der Waals surface area contributed by atoms with Crippen molar-refractivity contribution in [1.29, 1.82) is 0 Å². The Kier molecular flexibility index (Phi) is 2.98. The van der Waals surface area contributed by atoms with Gasteiger partial charge in [0, 0.05) is 18.8 Å². The Bertz CT molecular complexity index is 546. The quantitative estimate of drug-likeness (QED) is 0.864. The smallest absolute Gasteiger partial charge is 0.123 e. The molecule has 17 heavy (non-hydrogen) atoms. The monoisotopic (exact) mass is 233 g/mol. The zero-order valence-corrected chi connectivity index (χ0v) is 10.2. The van der Waals surface area contributed by atoms with Crippen LogP contribution in [0.3, 0.4) is 0 Å². The molecule has 90 valence electrons. The highest BCUT2D eigenvalue weighted by molar-refractivity contribution is 5.37. The molecule has 0 saturated carbocycles. The second-order valence-electron chi connectivity index (χ2n) is 4.32. The molecule has 1 heterocycles. The van der Waals surface area contributed by atoms with Gasteiger partial charge in [0.2, 0.25) is 0 Å². The van der Waals surface area contributed by atoms with Crippen molar-refractivity contribution in [3.8, 4) is 0 Å². The van der Waals surface area contributed by atoms with Gasteiger partial charge in [-0.25, -0.2) is 4.39 Å². The van der Waals surface area contributed by atoms with E-state index in [1.165, 1.54) is 12.1 Å². The van der Waals surface area contributed by atoms with Crippen molar-refractivity contribution in [3.63, 3.8) is 0 Å². The normalized spacial score (nSPS) is 12.8. The molecule has 0 bridgehead atoms. The van der Waals surface area contributed by atoms with E-state index in [0.717, 1.165) is 22.4 Å². The van der Waals surface area contributed by atoms with Crippen LogP contribution < -0.4 is 5.73 Å². The minimum Gasteiger partial charge on any atom is -0.320 e. The molecule has 0 saturated heterocycles. The standard InChI is InChI=1S/C13H16FN3/c1-8-6-10(14)4-5-11(8)13(15)12-7-17(3)16-9(12)2/h4-7,13H,15H2,1-3H3. The number of aryl methyl sites for hydroxylation is 3. The molecular weight excluding hydrogens is 217 g/mol. The fourth-order valence-electron chi connectivity index (χ4n) is 2.08. The SMILES string of the molecule is Cc1cc(F)ccc1C(N)c1cn(C)nc1C. The molecule has 0 spiro atoms. The van der Waals surface area contributed by atoms with Crippen LogP contribution in [-0.4, -0.2) is 9.78 Å². The highest BCUT2D eigenvalue weighted by Gasteiger charge is 2.16. The molecule has 0 amide bonds.